The molecule has 0 saturated heterocycles. The van der Waals surface area contributed by atoms with Crippen LogP contribution in [0.1, 0.15) is 29.2 Å². The molecule has 0 saturated carbocycles. The van der Waals surface area contributed by atoms with Gasteiger partial charge in [0.2, 0.25) is 5.96 Å². The van der Waals surface area contributed by atoms with Gasteiger partial charge in [-0.3, -0.25) is 9.71 Å². The summed E-state index contributed by atoms with van der Waals surface area (Å²) in [5, 5.41) is 12.7. The monoisotopic (exact) mass is 486 g/mol. The van der Waals surface area contributed by atoms with Crippen molar-refractivity contribution in [1.82, 2.24) is 10.0 Å². The topological polar surface area (TPSA) is 69.5 Å². The zero-order valence-electron chi connectivity index (χ0n) is 20.8. The predicted octanol–water partition coefficient (Wildman–Crippen LogP) is 6.03. The molecule has 0 aliphatic heterocycles. The molecular weight excluding hydrogens is 452 g/mol. The molecule has 0 radical (unpaired) electrons. The molecule has 182 valence electrons. The van der Waals surface area contributed by atoms with E-state index in [0.717, 1.165) is 21.6 Å². The van der Waals surface area contributed by atoms with Crippen molar-refractivity contribution in [3.63, 3.8) is 0 Å². The molecule has 0 amide bonds. The van der Waals surface area contributed by atoms with Gasteiger partial charge in [-0.05, 0) is 56.0 Å². The van der Waals surface area contributed by atoms with Crippen LogP contribution in [0.3, 0.4) is 0 Å². The van der Waals surface area contributed by atoms with Crippen molar-refractivity contribution in [2.24, 2.45) is 4.99 Å². The highest BCUT2D eigenvalue weighted by atomic mass is 32.2. The van der Waals surface area contributed by atoms with Crippen LogP contribution in [0.25, 0.3) is 0 Å². The molecule has 3 aromatic carbocycles. The molecule has 0 aliphatic rings. The molecule has 6 heteroatoms. The highest BCUT2D eigenvalue weighted by molar-refractivity contribution is 7.98. The second-order valence-electron chi connectivity index (χ2n) is 8.26. The minimum atomic E-state index is -1.03. The highest BCUT2D eigenvalue weighted by Crippen LogP contribution is 2.30. The summed E-state index contributed by atoms with van der Waals surface area (Å²) in [6.45, 7) is 6.79. The summed E-state index contributed by atoms with van der Waals surface area (Å²) in [5.41, 5.74) is 3.46. The van der Waals surface area contributed by atoms with Crippen LogP contribution >= 0.6 is 11.9 Å². The van der Waals surface area contributed by atoms with E-state index in [9.17, 15) is 5.41 Å². The number of aryl methyl sites for hydroxylation is 2. The Balaban J connectivity index is 1.90. The van der Waals surface area contributed by atoms with Crippen LogP contribution < -0.4 is 10.0 Å². The Hall–Kier alpha value is -3.35. The fourth-order valence-corrected chi connectivity index (χ4v) is 4.22. The molecule has 3 rings (SSSR count). The van der Waals surface area contributed by atoms with Crippen LogP contribution in [0.5, 0.6) is 0 Å². The summed E-state index contributed by atoms with van der Waals surface area (Å²) in [6, 6.07) is 26.3. The largest absolute Gasteiger partial charge is 0.358 e. The number of benzene rings is 3. The van der Waals surface area contributed by atoms with Crippen molar-refractivity contribution in [1.29, 1.82) is 5.41 Å². The van der Waals surface area contributed by atoms with E-state index >= 15 is 0 Å². The molecule has 35 heavy (non-hydrogen) atoms. The van der Waals surface area contributed by atoms with Gasteiger partial charge < -0.3 is 15.5 Å². The molecule has 1 unspecified atom stereocenters. The lowest BCUT2D eigenvalue weighted by atomic mass is 9.84. The molecular formula is C29H34N4OS. The molecule has 5 nitrogen and oxygen atoms in total. The number of aliphatic imine (C=N–C) groups is 1. The lowest BCUT2D eigenvalue weighted by Crippen LogP contribution is -2.50. The lowest BCUT2D eigenvalue weighted by Gasteiger charge is -2.35. The van der Waals surface area contributed by atoms with E-state index in [4.69, 9.17) is 4.74 Å². The van der Waals surface area contributed by atoms with E-state index in [1.165, 1.54) is 17.5 Å². The molecule has 3 aromatic rings. The van der Waals surface area contributed by atoms with Gasteiger partial charge in [0.25, 0.3) is 0 Å². The van der Waals surface area contributed by atoms with Crippen LogP contribution in [0.15, 0.2) is 101 Å². The molecule has 0 aromatic heterocycles. The second-order valence-corrected chi connectivity index (χ2v) is 9.14. The van der Waals surface area contributed by atoms with Crippen molar-refractivity contribution in [3.05, 3.63) is 113 Å². The van der Waals surface area contributed by atoms with Crippen molar-refractivity contribution in [2.75, 3.05) is 20.2 Å². The Bertz CT molecular complexity index is 1140. The maximum Gasteiger partial charge on any atom is 0.201 e. The van der Waals surface area contributed by atoms with E-state index in [0.29, 0.717) is 24.8 Å². The van der Waals surface area contributed by atoms with Gasteiger partial charge in [0.05, 0.1) is 18.9 Å². The normalized spacial score (nSPS) is 13.4. The Morgan fingerprint density at radius 2 is 1.60 bits per heavy atom. The zero-order chi connectivity index (χ0) is 25.1. The fraction of sp³-hybridized carbons (Fsp3) is 0.241. The first-order valence-electron chi connectivity index (χ1n) is 11.7. The van der Waals surface area contributed by atoms with Gasteiger partial charge in [-0.1, -0.05) is 90.0 Å². The number of guanidine groups is 1. The Morgan fingerprint density at radius 3 is 2.20 bits per heavy atom. The molecule has 1 atom stereocenters. The summed E-state index contributed by atoms with van der Waals surface area (Å²) in [5.74, 6) is 0.613. The summed E-state index contributed by atoms with van der Waals surface area (Å²) < 4.78 is 9.81. The Kier molecular flexibility index (Phi) is 9.70. The molecule has 0 spiro atoms. The maximum atomic E-state index is 9.28. The van der Waals surface area contributed by atoms with Gasteiger partial charge in [-0.15, -0.1) is 0 Å². The molecule has 3 N–H and O–H groups in total. The third-order valence-corrected chi connectivity index (χ3v) is 6.46. The Morgan fingerprint density at radius 1 is 0.971 bits per heavy atom. The van der Waals surface area contributed by atoms with E-state index < -0.39 is 5.60 Å². The number of hydrogen-bond acceptors (Lipinski definition) is 4. The predicted molar refractivity (Wildman–Crippen MR) is 148 cm³/mol. The number of nitrogens with zero attached hydrogens (tertiary/aromatic N) is 1. The standard InChI is InChI=1S/C29H34N4OS/c1-5-6-20-34-29(25-10-8-7-9-11-25,27(30)24-16-12-22(2)13-17-24)21-32-28(31-4)33-35-26-18-14-23(3)15-19-26/h5-19,30H,20-21H2,1-4H3,(H2,31,32,33)/b6-5+,30-27?. The van der Waals surface area contributed by atoms with Crippen LogP contribution in [-0.2, 0) is 10.3 Å². The number of allylic oxidation sites excluding steroid dienone is 1. The zero-order valence-corrected chi connectivity index (χ0v) is 21.7. The van der Waals surface area contributed by atoms with Crippen molar-refractivity contribution in [3.8, 4) is 0 Å². The first kappa shape index (κ1) is 26.3. The van der Waals surface area contributed by atoms with Crippen LogP contribution in [0.2, 0.25) is 0 Å². The average Bonchev–Trinajstić information content (AvgIpc) is 2.89. The summed E-state index contributed by atoms with van der Waals surface area (Å²) in [6.07, 6.45) is 3.91. The summed E-state index contributed by atoms with van der Waals surface area (Å²) in [7, 11) is 1.74. The number of nitrogens with one attached hydrogen (secondary N) is 3. The van der Waals surface area contributed by atoms with Gasteiger partial charge in [0.1, 0.15) is 0 Å². The quantitative estimate of drug-likeness (QED) is 0.142. The minimum Gasteiger partial charge on any atom is -0.358 e. The smallest absolute Gasteiger partial charge is 0.201 e. The molecule has 0 aliphatic carbocycles. The van der Waals surface area contributed by atoms with Gasteiger partial charge in [0.15, 0.2) is 5.60 Å². The number of rotatable bonds is 10. The van der Waals surface area contributed by atoms with Crippen LogP contribution in [0.4, 0.5) is 0 Å². The minimum absolute atomic E-state index is 0.329. The van der Waals surface area contributed by atoms with E-state index in [2.05, 4.69) is 46.2 Å². The number of hydrogen-bond donors (Lipinski definition) is 3. The molecule has 0 fully saturated rings. The van der Waals surface area contributed by atoms with E-state index in [1.54, 1.807) is 7.05 Å². The first-order chi connectivity index (χ1) is 17.0. The highest BCUT2D eigenvalue weighted by Gasteiger charge is 2.39. The van der Waals surface area contributed by atoms with Crippen molar-refractivity contribution in [2.45, 2.75) is 31.3 Å². The lowest BCUT2D eigenvalue weighted by molar-refractivity contribution is 0.0254. The third-order valence-electron chi connectivity index (χ3n) is 5.66. The van der Waals surface area contributed by atoms with Gasteiger partial charge in [-0.25, -0.2) is 0 Å². The van der Waals surface area contributed by atoms with Crippen molar-refractivity contribution >= 4 is 23.6 Å². The van der Waals surface area contributed by atoms with Crippen molar-refractivity contribution < 1.29 is 4.74 Å². The van der Waals surface area contributed by atoms with E-state index in [-0.39, 0.29) is 0 Å². The SMILES string of the molecule is C/C=C/COC(CNC(=NC)NSc1ccc(C)cc1)(C(=N)c1ccc(C)cc1)c1ccccc1. The van der Waals surface area contributed by atoms with Crippen LogP contribution in [-0.4, -0.2) is 31.9 Å². The maximum absolute atomic E-state index is 9.28. The third kappa shape index (κ3) is 7.07. The number of ether oxygens (including phenoxy) is 1. The average molecular weight is 487 g/mol. The van der Waals surface area contributed by atoms with Gasteiger partial charge >= 0.3 is 0 Å². The van der Waals surface area contributed by atoms with E-state index in [1.807, 2.05) is 80.6 Å². The van der Waals surface area contributed by atoms with Crippen LogP contribution in [0, 0.1) is 19.3 Å². The van der Waals surface area contributed by atoms with Gasteiger partial charge in [-0.2, -0.15) is 0 Å². The Labute approximate surface area is 213 Å². The molecule has 0 bridgehead atoms. The fourth-order valence-electron chi connectivity index (χ4n) is 3.57. The molecule has 0 heterocycles. The summed E-state index contributed by atoms with van der Waals surface area (Å²) >= 11 is 1.49. The second kappa shape index (κ2) is 12.9. The summed E-state index contributed by atoms with van der Waals surface area (Å²) in [4.78, 5) is 5.48. The first-order valence-corrected chi connectivity index (χ1v) is 12.5. The van der Waals surface area contributed by atoms with Gasteiger partial charge in [0, 0.05) is 11.9 Å².